The van der Waals surface area contributed by atoms with Gasteiger partial charge in [-0.15, -0.1) is 0 Å². The van der Waals surface area contributed by atoms with Gasteiger partial charge in [-0.05, 0) is 58.4 Å². The van der Waals surface area contributed by atoms with Crippen LogP contribution in [0.4, 0.5) is 0 Å². The van der Waals surface area contributed by atoms with Crippen LogP contribution in [0.2, 0.25) is 0 Å². The molecule has 15 nitrogen and oxygen atoms in total. The maximum Gasteiger partial charge on any atom is 0.339 e. The van der Waals surface area contributed by atoms with Crippen LogP contribution in [0.5, 0.6) is 0 Å². The van der Waals surface area contributed by atoms with Gasteiger partial charge in [-0.25, -0.2) is 0 Å². The topological polar surface area (TPSA) is 240 Å². The van der Waals surface area contributed by atoms with E-state index in [1.165, 1.54) is 0 Å². The predicted octanol–water partition coefficient (Wildman–Crippen LogP) is 1.57. The van der Waals surface area contributed by atoms with Gasteiger partial charge in [0.05, 0.1) is 0 Å². The molecule has 8 N–H and O–H groups in total. The van der Waals surface area contributed by atoms with Crippen LogP contribution < -0.4 is 0 Å². The molecular formula is C18H45N3O12P4. The fourth-order valence-electron chi connectivity index (χ4n) is 3.86. The monoisotopic (exact) mass is 619 g/mol. The molecule has 0 heterocycles. The van der Waals surface area contributed by atoms with Crippen molar-refractivity contribution < 1.29 is 57.4 Å². The molecule has 0 saturated carbocycles. The van der Waals surface area contributed by atoms with Crippen LogP contribution in [0, 0.1) is 0 Å². The molecule has 0 unspecified atom stereocenters. The summed E-state index contributed by atoms with van der Waals surface area (Å²) in [6, 6.07) is 0. The Kier molecular flexibility index (Phi) is 18.3. The molecule has 0 saturated heterocycles. The van der Waals surface area contributed by atoms with Crippen molar-refractivity contribution in [3.63, 3.8) is 0 Å². The largest absolute Gasteiger partial charge is 0.339 e. The van der Waals surface area contributed by atoms with Crippen molar-refractivity contribution in [1.82, 2.24) is 14.7 Å². The zero-order valence-corrected chi connectivity index (χ0v) is 24.9. The summed E-state index contributed by atoms with van der Waals surface area (Å²) in [5.41, 5.74) is 0. The molecule has 37 heavy (non-hydrogen) atoms. The van der Waals surface area contributed by atoms with E-state index in [0.29, 0.717) is 58.3 Å². The number of hydrogen-bond acceptors (Lipinski definition) is 7. The Hall–Kier alpha value is 0.480. The summed E-state index contributed by atoms with van der Waals surface area (Å²) in [4.78, 5) is 77.7. The maximum absolute atomic E-state index is 11.5. The third kappa shape index (κ3) is 26.5. The summed E-state index contributed by atoms with van der Waals surface area (Å²) >= 11 is 0. The summed E-state index contributed by atoms with van der Waals surface area (Å²) in [5, 5.41) is 0. The lowest BCUT2D eigenvalue weighted by molar-refractivity contribution is 0.257. The SMILES string of the molecule is CCN(CCCCCCN(CCCCCCN(CP(=O)(O)O)CP(=O)(O)O)CP(=O)(O)O)CP(=O)(O)O. The molecule has 0 radical (unpaired) electrons. The van der Waals surface area contributed by atoms with Gasteiger partial charge >= 0.3 is 30.4 Å². The normalized spacial score (nSPS) is 13.8. The molecule has 0 spiro atoms. The molecule has 0 bridgehead atoms. The van der Waals surface area contributed by atoms with Crippen molar-refractivity contribution in [2.75, 3.05) is 57.9 Å². The molecule has 0 aliphatic heterocycles. The van der Waals surface area contributed by atoms with E-state index >= 15 is 0 Å². The van der Waals surface area contributed by atoms with E-state index in [-0.39, 0.29) is 19.1 Å². The maximum atomic E-state index is 11.5. The van der Waals surface area contributed by atoms with E-state index in [9.17, 15) is 28.0 Å². The second-order valence-electron chi connectivity index (χ2n) is 9.28. The first-order valence-electron chi connectivity index (χ1n) is 12.1. The van der Waals surface area contributed by atoms with Crippen molar-refractivity contribution >= 4 is 30.4 Å². The molecule has 0 aliphatic carbocycles. The molecule has 0 rings (SSSR count). The molecule has 0 aromatic rings. The van der Waals surface area contributed by atoms with Crippen molar-refractivity contribution in [3.8, 4) is 0 Å². The van der Waals surface area contributed by atoms with Gasteiger partial charge in [0.2, 0.25) is 0 Å². The van der Waals surface area contributed by atoms with Gasteiger partial charge in [0.15, 0.2) is 0 Å². The van der Waals surface area contributed by atoms with Crippen molar-refractivity contribution in [2.45, 2.75) is 58.3 Å². The molecule has 0 amide bonds. The number of rotatable bonds is 23. The summed E-state index contributed by atoms with van der Waals surface area (Å²) in [6.07, 6.45) is 3.35. The van der Waals surface area contributed by atoms with Gasteiger partial charge in [-0.1, -0.05) is 32.6 Å². The standard InChI is InChI=1S/C18H45N3O12P4/c1-2-19(15-34(22,23)24)11-7-3-4-8-12-20(16-35(25,26)27)13-9-5-6-10-14-21(17-36(28,29)30)18-37(31,32)33/h2-18H2,1H3,(H2,22,23,24)(H2,25,26,27)(H2,28,29,30)(H2,31,32,33). The molecule has 19 heteroatoms. The Balaban J connectivity index is 4.37. The minimum absolute atomic E-state index is 0.103. The first-order valence-corrected chi connectivity index (χ1v) is 19.3. The van der Waals surface area contributed by atoms with Gasteiger partial charge < -0.3 is 39.1 Å². The zero-order valence-electron chi connectivity index (χ0n) is 21.4. The fraction of sp³-hybridized carbons (Fsp3) is 1.00. The van der Waals surface area contributed by atoms with Crippen LogP contribution in [0.15, 0.2) is 0 Å². The second kappa shape index (κ2) is 18.0. The highest BCUT2D eigenvalue weighted by Crippen LogP contribution is 2.41. The van der Waals surface area contributed by atoms with Crippen LogP contribution in [0.1, 0.15) is 58.3 Å². The predicted molar refractivity (Wildman–Crippen MR) is 140 cm³/mol. The fourth-order valence-corrected chi connectivity index (χ4v) is 7.21. The summed E-state index contributed by atoms with van der Waals surface area (Å²) in [7, 11) is -17.3. The van der Waals surface area contributed by atoms with Gasteiger partial charge in [0, 0.05) is 0 Å². The summed E-state index contributed by atoms with van der Waals surface area (Å²) in [6.45, 7) is 3.97. The van der Waals surface area contributed by atoms with Crippen LogP contribution in [-0.2, 0) is 18.3 Å². The number of hydrogen-bond donors (Lipinski definition) is 8. The summed E-state index contributed by atoms with van der Waals surface area (Å²) < 4.78 is 45.0. The van der Waals surface area contributed by atoms with E-state index in [2.05, 4.69) is 0 Å². The van der Waals surface area contributed by atoms with E-state index in [0.717, 1.165) is 24.2 Å². The van der Waals surface area contributed by atoms with Crippen molar-refractivity contribution in [1.29, 1.82) is 0 Å². The zero-order chi connectivity index (χ0) is 28.8. The molecule has 0 aromatic carbocycles. The second-order valence-corrected chi connectivity index (χ2v) is 15.7. The Morgan fingerprint density at radius 2 is 0.649 bits per heavy atom. The number of unbranched alkanes of at least 4 members (excludes halogenated alkanes) is 6. The van der Waals surface area contributed by atoms with Gasteiger partial charge in [-0.2, -0.15) is 0 Å². The Morgan fingerprint density at radius 3 is 0.946 bits per heavy atom. The molecule has 0 aromatic heterocycles. The highest BCUT2D eigenvalue weighted by atomic mass is 31.2. The average Bonchev–Trinajstić information content (AvgIpc) is 2.67. The molecular weight excluding hydrogens is 574 g/mol. The van der Waals surface area contributed by atoms with Gasteiger partial charge in [0.1, 0.15) is 25.1 Å². The van der Waals surface area contributed by atoms with Crippen molar-refractivity contribution in [3.05, 3.63) is 0 Å². The molecule has 0 aliphatic rings. The van der Waals surface area contributed by atoms with Crippen LogP contribution >= 0.6 is 30.4 Å². The third-order valence-electron chi connectivity index (χ3n) is 5.38. The van der Waals surface area contributed by atoms with Crippen LogP contribution in [-0.4, -0.2) is 112 Å². The lowest BCUT2D eigenvalue weighted by Crippen LogP contribution is -2.28. The molecule has 0 fully saturated rings. The average molecular weight is 619 g/mol. The van der Waals surface area contributed by atoms with Crippen LogP contribution in [0.25, 0.3) is 0 Å². The van der Waals surface area contributed by atoms with E-state index in [4.69, 9.17) is 29.4 Å². The van der Waals surface area contributed by atoms with Gasteiger partial charge in [-0.3, -0.25) is 33.0 Å². The van der Waals surface area contributed by atoms with Crippen LogP contribution in [0.3, 0.4) is 0 Å². The minimum Gasteiger partial charge on any atom is -0.324 e. The highest BCUT2D eigenvalue weighted by molar-refractivity contribution is 7.52. The smallest absolute Gasteiger partial charge is 0.324 e. The quantitative estimate of drug-likeness (QED) is 0.0598. The Labute approximate surface area is 218 Å². The lowest BCUT2D eigenvalue weighted by Gasteiger charge is -2.24. The van der Waals surface area contributed by atoms with E-state index < -0.39 is 43.0 Å². The third-order valence-corrected chi connectivity index (χ3v) is 8.46. The Bertz CT molecular complexity index is 788. The van der Waals surface area contributed by atoms with E-state index in [1.807, 2.05) is 6.92 Å². The minimum atomic E-state index is -4.47. The highest BCUT2D eigenvalue weighted by Gasteiger charge is 2.25. The summed E-state index contributed by atoms with van der Waals surface area (Å²) in [5.74, 6) is 0. The number of nitrogens with zero attached hydrogens (tertiary/aromatic N) is 3. The van der Waals surface area contributed by atoms with Gasteiger partial charge in [0.25, 0.3) is 0 Å². The van der Waals surface area contributed by atoms with E-state index in [1.54, 1.807) is 9.80 Å². The van der Waals surface area contributed by atoms with Crippen molar-refractivity contribution in [2.24, 2.45) is 0 Å². The molecule has 0 atom stereocenters. The molecule has 224 valence electrons. The first-order chi connectivity index (χ1) is 16.8. The lowest BCUT2D eigenvalue weighted by atomic mass is 10.1. The Morgan fingerprint density at radius 1 is 0.405 bits per heavy atom. The first kappa shape index (κ1) is 37.5.